The van der Waals surface area contributed by atoms with E-state index in [1.54, 1.807) is 0 Å². The number of halogens is 1. The largest absolute Gasteiger partial charge is 0.478 e. The Balaban J connectivity index is 1.48. The van der Waals surface area contributed by atoms with E-state index in [0.717, 1.165) is 33.5 Å². The van der Waals surface area contributed by atoms with E-state index < -0.39 is 0 Å². The Labute approximate surface area is 179 Å². The normalized spacial score (nSPS) is 20.9. The highest BCUT2D eigenvalue weighted by atomic mass is 79.9. The molecular weight excluding hydrogens is 430 g/mol. The predicted octanol–water partition coefficient (Wildman–Crippen LogP) is 5.86. The van der Waals surface area contributed by atoms with Gasteiger partial charge in [0.2, 0.25) is 5.78 Å². The van der Waals surface area contributed by atoms with Gasteiger partial charge in [-0.2, -0.15) is 0 Å². The molecule has 2 aliphatic heterocycles. The first kappa shape index (κ1) is 18.9. The summed E-state index contributed by atoms with van der Waals surface area (Å²) in [7, 11) is 0. The summed E-state index contributed by atoms with van der Waals surface area (Å²) in [6.07, 6.45) is 8.17. The van der Waals surface area contributed by atoms with E-state index in [-0.39, 0.29) is 5.78 Å². The third-order valence-corrected chi connectivity index (χ3v) is 6.74. The van der Waals surface area contributed by atoms with Crippen LogP contribution in [0.25, 0.3) is 6.08 Å². The van der Waals surface area contributed by atoms with Crippen LogP contribution in [0.5, 0.6) is 11.5 Å². The van der Waals surface area contributed by atoms with Crippen molar-refractivity contribution in [2.24, 2.45) is 0 Å². The molecule has 2 aromatic carbocycles. The van der Waals surface area contributed by atoms with Crippen molar-refractivity contribution in [1.29, 1.82) is 0 Å². The predicted molar refractivity (Wildman–Crippen MR) is 116 cm³/mol. The minimum atomic E-state index is -0.0435. The third-order valence-electron chi connectivity index (χ3n) is 6.21. The Hall–Kier alpha value is -2.11. The standard InChI is InChI=1S/C24H24BrNO3/c1-15-11-20-19(13-26(14-28-20)18-5-3-2-4-6-18)24-22(15)23(27)21(29-24)12-16-7-9-17(25)10-8-16/h7-12,18H,2-6,13-14H2,1H3/b21-12-. The quantitative estimate of drug-likeness (QED) is 0.533. The molecule has 0 amide bonds. The number of hydrogen-bond acceptors (Lipinski definition) is 4. The molecule has 1 saturated carbocycles. The van der Waals surface area contributed by atoms with Gasteiger partial charge in [-0.15, -0.1) is 0 Å². The van der Waals surface area contributed by atoms with E-state index >= 15 is 0 Å². The summed E-state index contributed by atoms with van der Waals surface area (Å²) in [4.78, 5) is 15.5. The fourth-order valence-corrected chi connectivity index (χ4v) is 4.90. The van der Waals surface area contributed by atoms with Crippen molar-refractivity contribution in [1.82, 2.24) is 4.90 Å². The summed E-state index contributed by atoms with van der Waals surface area (Å²) in [6, 6.07) is 10.4. The highest BCUT2D eigenvalue weighted by Crippen LogP contribution is 2.44. The topological polar surface area (TPSA) is 38.8 Å². The summed E-state index contributed by atoms with van der Waals surface area (Å²) in [5, 5.41) is 0. The van der Waals surface area contributed by atoms with Gasteiger partial charge in [-0.1, -0.05) is 47.3 Å². The molecule has 0 radical (unpaired) electrons. The van der Waals surface area contributed by atoms with Crippen molar-refractivity contribution in [3.8, 4) is 11.5 Å². The zero-order valence-electron chi connectivity index (χ0n) is 16.5. The van der Waals surface area contributed by atoms with E-state index in [1.165, 1.54) is 32.1 Å². The van der Waals surface area contributed by atoms with Crippen LogP contribution >= 0.6 is 15.9 Å². The Morgan fingerprint density at radius 3 is 2.66 bits per heavy atom. The van der Waals surface area contributed by atoms with E-state index in [4.69, 9.17) is 9.47 Å². The molecule has 5 heteroatoms. The molecule has 5 rings (SSSR count). The molecule has 2 heterocycles. The van der Waals surface area contributed by atoms with Gasteiger partial charge in [0.1, 0.15) is 18.2 Å². The molecule has 0 spiro atoms. The molecule has 0 saturated heterocycles. The number of allylic oxidation sites excluding steroid dienone is 1. The van der Waals surface area contributed by atoms with Crippen LogP contribution in [0.3, 0.4) is 0 Å². The van der Waals surface area contributed by atoms with Gasteiger partial charge in [0.25, 0.3) is 0 Å². The first-order valence-electron chi connectivity index (χ1n) is 10.3. The summed E-state index contributed by atoms with van der Waals surface area (Å²) in [5.41, 5.74) is 3.54. The summed E-state index contributed by atoms with van der Waals surface area (Å²) >= 11 is 3.44. The van der Waals surface area contributed by atoms with Crippen LogP contribution in [-0.2, 0) is 6.54 Å². The van der Waals surface area contributed by atoms with Crippen LogP contribution in [0.1, 0.15) is 59.2 Å². The van der Waals surface area contributed by atoms with Gasteiger partial charge in [-0.3, -0.25) is 9.69 Å². The average molecular weight is 454 g/mol. The minimum Gasteiger partial charge on any atom is -0.478 e. The van der Waals surface area contributed by atoms with E-state index in [0.29, 0.717) is 29.8 Å². The number of carbonyl (C=O) groups is 1. The van der Waals surface area contributed by atoms with Crippen LogP contribution in [0.2, 0.25) is 0 Å². The van der Waals surface area contributed by atoms with E-state index in [2.05, 4.69) is 20.8 Å². The van der Waals surface area contributed by atoms with Crippen molar-refractivity contribution in [3.63, 3.8) is 0 Å². The number of ketones is 1. The maximum absolute atomic E-state index is 13.1. The highest BCUT2D eigenvalue weighted by Gasteiger charge is 2.36. The molecule has 3 aliphatic rings. The summed E-state index contributed by atoms with van der Waals surface area (Å²) in [6.45, 7) is 3.35. The van der Waals surface area contributed by atoms with Crippen molar-refractivity contribution in [2.45, 2.75) is 51.6 Å². The van der Waals surface area contributed by atoms with E-state index in [1.807, 2.05) is 43.3 Å². The van der Waals surface area contributed by atoms with Crippen LogP contribution in [0, 0.1) is 6.92 Å². The van der Waals surface area contributed by atoms with Crippen molar-refractivity contribution >= 4 is 27.8 Å². The Bertz CT molecular complexity index is 990. The smallest absolute Gasteiger partial charge is 0.232 e. The SMILES string of the molecule is Cc1cc2c(c3c1C(=O)/C(=C/c1ccc(Br)cc1)O3)CN(C1CCCCC1)CO2. The zero-order valence-corrected chi connectivity index (χ0v) is 18.1. The second-order valence-corrected chi connectivity index (χ2v) is 9.09. The molecule has 1 aliphatic carbocycles. The molecular formula is C24H24BrNO3. The molecule has 0 unspecified atom stereocenters. The lowest BCUT2D eigenvalue weighted by molar-refractivity contribution is 0.0393. The van der Waals surface area contributed by atoms with Gasteiger partial charge >= 0.3 is 0 Å². The fourth-order valence-electron chi connectivity index (χ4n) is 4.64. The van der Waals surface area contributed by atoms with Crippen LogP contribution < -0.4 is 9.47 Å². The van der Waals surface area contributed by atoms with Crippen LogP contribution in [0.4, 0.5) is 0 Å². The Morgan fingerprint density at radius 1 is 1.14 bits per heavy atom. The molecule has 0 N–H and O–H groups in total. The Kier molecular flexibility index (Phi) is 4.96. The summed E-state index contributed by atoms with van der Waals surface area (Å²) in [5.74, 6) is 1.88. The molecule has 29 heavy (non-hydrogen) atoms. The number of rotatable bonds is 2. The molecule has 1 fully saturated rings. The molecule has 150 valence electrons. The number of nitrogens with zero attached hydrogens (tertiary/aromatic N) is 1. The Morgan fingerprint density at radius 2 is 1.90 bits per heavy atom. The maximum Gasteiger partial charge on any atom is 0.232 e. The van der Waals surface area contributed by atoms with Gasteiger partial charge in [-0.05, 0) is 55.2 Å². The first-order chi connectivity index (χ1) is 14.1. The monoisotopic (exact) mass is 453 g/mol. The molecule has 0 bridgehead atoms. The second kappa shape index (κ2) is 7.62. The van der Waals surface area contributed by atoms with Crippen molar-refractivity contribution in [2.75, 3.05) is 6.73 Å². The van der Waals surface area contributed by atoms with E-state index in [9.17, 15) is 4.79 Å². The number of carbonyl (C=O) groups excluding carboxylic acids is 1. The molecule has 0 atom stereocenters. The zero-order chi connectivity index (χ0) is 20.0. The average Bonchev–Trinajstić information content (AvgIpc) is 3.07. The number of hydrogen-bond donors (Lipinski definition) is 0. The third kappa shape index (κ3) is 3.51. The number of ether oxygens (including phenoxy) is 2. The first-order valence-corrected chi connectivity index (χ1v) is 11.1. The van der Waals surface area contributed by atoms with Crippen LogP contribution in [0.15, 0.2) is 40.6 Å². The number of aryl methyl sites for hydroxylation is 1. The lowest BCUT2D eigenvalue weighted by Gasteiger charge is -2.37. The molecule has 4 nitrogen and oxygen atoms in total. The van der Waals surface area contributed by atoms with Gasteiger partial charge in [0.05, 0.1) is 11.1 Å². The highest BCUT2D eigenvalue weighted by molar-refractivity contribution is 9.10. The van der Waals surface area contributed by atoms with Crippen LogP contribution in [-0.4, -0.2) is 23.5 Å². The van der Waals surface area contributed by atoms with Gasteiger partial charge in [0.15, 0.2) is 5.76 Å². The molecule has 0 aromatic heterocycles. The van der Waals surface area contributed by atoms with Gasteiger partial charge < -0.3 is 9.47 Å². The number of benzene rings is 2. The van der Waals surface area contributed by atoms with Gasteiger partial charge in [0, 0.05) is 17.1 Å². The van der Waals surface area contributed by atoms with Crippen molar-refractivity contribution in [3.05, 3.63) is 62.8 Å². The lowest BCUT2D eigenvalue weighted by Crippen LogP contribution is -2.41. The molecule has 2 aromatic rings. The minimum absolute atomic E-state index is 0.0435. The van der Waals surface area contributed by atoms with Gasteiger partial charge in [-0.25, -0.2) is 0 Å². The maximum atomic E-state index is 13.1. The summed E-state index contributed by atoms with van der Waals surface area (Å²) < 4.78 is 13.3. The fraction of sp³-hybridized carbons (Fsp3) is 0.375. The lowest BCUT2D eigenvalue weighted by atomic mass is 9.93. The van der Waals surface area contributed by atoms with Crippen molar-refractivity contribution < 1.29 is 14.3 Å². The number of Topliss-reactive ketones (excluding diaryl/α,β-unsaturated/α-hetero) is 1. The second-order valence-electron chi connectivity index (χ2n) is 8.18. The number of fused-ring (bicyclic) bond motifs is 3.